The van der Waals surface area contributed by atoms with E-state index < -0.39 is 11.5 Å². The molecular formula is C14H20N2O4. The van der Waals surface area contributed by atoms with Crippen LogP contribution in [0.3, 0.4) is 0 Å². The largest absolute Gasteiger partial charge is 0.496 e. The van der Waals surface area contributed by atoms with E-state index in [9.17, 15) is 9.59 Å². The number of carboxylic acids is 1. The summed E-state index contributed by atoms with van der Waals surface area (Å²) in [6.07, 6.45) is 0. The number of benzene rings is 1. The quantitative estimate of drug-likeness (QED) is 0.686. The van der Waals surface area contributed by atoms with Gasteiger partial charge in [0, 0.05) is 12.1 Å². The maximum atomic E-state index is 11.7. The molecule has 1 aromatic carbocycles. The van der Waals surface area contributed by atoms with Crippen molar-refractivity contribution in [2.75, 3.05) is 13.7 Å². The van der Waals surface area contributed by atoms with E-state index in [-0.39, 0.29) is 12.5 Å². The Labute approximate surface area is 118 Å². The first kappa shape index (κ1) is 16.0. The van der Waals surface area contributed by atoms with Crippen LogP contribution in [0, 0.1) is 0 Å². The molecule has 0 saturated heterocycles. The van der Waals surface area contributed by atoms with Crippen molar-refractivity contribution in [3.8, 4) is 5.75 Å². The molecule has 0 bridgehead atoms. The van der Waals surface area contributed by atoms with Crippen LogP contribution >= 0.6 is 0 Å². The van der Waals surface area contributed by atoms with Gasteiger partial charge in [0.25, 0.3) is 0 Å². The van der Waals surface area contributed by atoms with Crippen LogP contribution in [-0.2, 0) is 16.1 Å². The van der Waals surface area contributed by atoms with Crippen molar-refractivity contribution in [3.63, 3.8) is 0 Å². The van der Waals surface area contributed by atoms with Gasteiger partial charge in [-0.1, -0.05) is 18.2 Å². The van der Waals surface area contributed by atoms with Gasteiger partial charge in [-0.05, 0) is 19.9 Å². The molecule has 110 valence electrons. The highest BCUT2D eigenvalue weighted by atomic mass is 16.5. The highest BCUT2D eigenvalue weighted by Crippen LogP contribution is 2.16. The van der Waals surface area contributed by atoms with Crippen molar-refractivity contribution in [2.45, 2.75) is 25.9 Å². The van der Waals surface area contributed by atoms with E-state index in [1.807, 2.05) is 24.3 Å². The minimum absolute atomic E-state index is 0.0611. The number of methoxy groups -OCH3 is 1. The SMILES string of the molecule is COc1ccccc1CNC(=O)CNC(C)(C)C(=O)O. The molecule has 6 heteroatoms. The van der Waals surface area contributed by atoms with Crippen LogP contribution in [0.25, 0.3) is 0 Å². The first-order chi connectivity index (χ1) is 9.36. The normalized spacial score (nSPS) is 10.9. The predicted octanol–water partition coefficient (Wildman–Crippen LogP) is 0.764. The molecule has 0 heterocycles. The maximum absolute atomic E-state index is 11.7. The van der Waals surface area contributed by atoms with Gasteiger partial charge >= 0.3 is 5.97 Å². The van der Waals surface area contributed by atoms with Crippen LogP contribution in [-0.4, -0.2) is 36.2 Å². The molecule has 0 atom stereocenters. The van der Waals surface area contributed by atoms with E-state index in [0.717, 1.165) is 5.56 Å². The molecule has 0 aromatic heterocycles. The number of carbonyl (C=O) groups is 2. The lowest BCUT2D eigenvalue weighted by molar-refractivity contribution is -0.143. The summed E-state index contributed by atoms with van der Waals surface area (Å²) in [6.45, 7) is 3.28. The second-order valence-corrected chi connectivity index (χ2v) is 4.87. The summed E-state index contributed by atoms with van der Waals surface area (Å²) in [7, 11) is 1.57. The van der Waals surface area contributed by atoms with Crippen molar-refractivity contribution in [1.29, 1.82) is 0 Å². The molecule has 20 heavy (non-hydrogen) atoms. The Balaban J connectivity index is 2.46. The number of carbonyl (C=O) groups excluding carboxylic acids is 1. The number of hydrogen-bond donors (Lipinski definition) is 3. The van der Waals surface area contributed by atoms with Crippen LogP contribution in [0.1, 0.15) is 19.4 Å². The van der Waals surface area contributed by atoms with Crippen LogP contribution in [0.4, 0.5) is 0 Å². The molecule has 3 N–H and O–H groups in total. The number of aliphatic carboxylic acids is 1. The summed E-state index contributed by atoms with van der Waals surface area (Å²) < 4.78 is 5.18. The van der Waals surface area contributed by atoms with Gasteiger partial charge in [0.2, 0.25) is 5.91 Å². The molecule has 0 unspecified atom stereocenters. The summed E-state index contributed by atoms with van der Waals surface area (Å²) >= 11 is 0. The predicted molar refractivity (Wildman–Crippen MR) is 74.6 cm³/mol. The molecule has 0 radical (unpaired) electrons. The van der Waals surface area contributed by atoms with Gasteiger partial charge in [-0.2, -0.15) is 0 Å². The zero-order valence-electron chi connectivity index (χ0n) is 11.9. The molecule has 1 aromatic rings. The van der Waals surface area contributed by atoms with E-state index in [4.69, 9.17) is 9.84 Å². The number of carboxylic acid groups (broad SMARTS) is 1. The van der Waals surface area contributed by atoms with Crippen LogP contribution in [0.5, 0.6) is 5.75 Å². The Morgan fingerprint density at radius 2 is 1.95 bits per heavy atom. The van der Waals surface area contributed by atoms with E-state index in [1.165, 1.54) is 13.8 Å². The van der Waals surface area contributed by atoms with E-state index in [1.54, 1.807) is 7.11 Å². The maximum Gasteiger partial charge on any atom is 0.323 e. The van der Waals surface area contributed by atoms with Crippen molar-refractivity contribution in [2.24, 2.45) is 0 Å². The van der Waals surface area contributed by atoms with E-state index in [2.05, 4.69) is 10.6 Å². The fourth-order valence-corrected chi connectivity index (χ4v) is 1.48. The first-order valence-corrected chi connectivity index (χ1v) is 6.24. The third-order valence-corrected chi connectivity index (χ3v) is 2.89. The fraction of sp³-hybridized carbons (Fsp3) is 0.429. The van der Waals surface area contributed by atoms with Gasteiger partial charge < -0.3 is 15.2 Å². The smallest absolute Gasteiger partial charge is 0.323 e. The number of rotatable bonds is 7. The number of para-hydroxylation sites is 1. The summed E-state index contributed by atoms with van der Waals surface area (Å²) in [5, 5.41) is 14.3. The van der Waals surface area contributed by atoms with Crippen LogP contribution in [0.2, 0.25) is 0 Å². The average molecular weight is 280 g/mol. The molecule has 0 aliphatic rings. The molecule has 6 nitrogen and oxygen atoms in total. The van der Waals surface area contributed by atoms with Gasteiger partial charge in [0.05, 0.1) is 13.7 Å². The van der Waals surface area contributed by atoms with E-state index in [0.29, 0.717) is 12.3 Å². The Bertz CT molecular complexity index is 486. The Hall–Kier alpha value is -2.08. The minimum Gasteiger partial charge on any atom is -0.496 e. The third-order valence-electron chi connectivity index (χ3n) is 2.89. The van der Waals surface area contributed by atoms with Gasteiger partial charge in [-0.25, -0.2) is 0 Å². The lowest BCUT2D eigenvalue weighted by atomic mass is 10.1. The second-order valence-electron chi connectivity index (χ2n) is 4.87. The summed E-state index contributed by atoms with van der Waals surface area (Å²) in [4.78, 5) is 22.6. The second kappa shape index (κ2) is 6.91. The van der Waals surface area contributed by atoms with Crippen LogP contribution in [0.15, 0.2) is 24.3 Å². The minimum atomic E-state index is -1.14. The average Bonchev–Trinajstić information content (AvgIpc) is 2.43. The lowest BCUT2D eigenvalue weighted by Gasteiger charge is -2.20. The van der Waals surface area contributed by atoms with Gasteiger partial charge in [-0.3, -0.25) is 14.9 Å². The highest BCUT2D eigenvalue weighted by molar-refractivity contribution is 5.81. The molecule has 0 aliphatic heterocycles. The summed E-state index contributed by atoms with van der Waals surface area (Å²) in [5.41, 5.74) is -0.275. The Morgan fingerprint density at radius 1 is 1.30 bits per heavy atom. The summed E-state index contributed by atoms with van der Waals surface area (Å²) in [5.74, 6) is -0.577. The zero-order chi connectivity index (χ0) is 15.2. The Morgan fingerprint density at radius 3 is 2.55 bits per heavy atom. The molecule has 0 spiro atoms. The molecule has 1 rings (SSSR count). The first-order valence-electron chi connectivity index (χ1n) is 6.24. The van der Waals surface area contributed by atoms with Crippen molar-refractivity contribution in [3.05, 3.63) is 29.8 Å². The van der Waals surface area contributed by atoms with Crippen molar-refractivity contribution >= 4 is 11.9 Å². The standard InChI is InChI=1S/C14H20N2O4/c1-14(2,13(18)19)16-9-12(17)15-8-10-6-4-5-7-11(10)20-3/h4-7,16H,8-9H2,1-3H3,(H,15,17)(H,18,19). The summed E-state index contributed by atoms with van der Waals surface area (Å²) in [6, 6.07) is 7.37. The third kappa shape index (κ3) is 4.55. The number of hydrogen-bond acceptors (Lipinski definition) is 4. The van der Waals surface area contributed by atoms with Crippen LogP contribution < -0.4 is 15.4 Å². The molecule has 0 aliphatic carbocycles. The van der Waals surface area contributed by atoms with Crippen molar-refractivity contribution < 1.29 is 19.4 Å². The molecule has 1 amide bonds. The number of amides is 1. The Kier molecular flexibility index (Phi) is 5.52. The molecule has 0 saturated carbocycles. The van der Waals surface area contributed by atoms with Crippen molar-refractivity contribution in [1.82, 2.24) is 10.6 Å². The number of ether oxygens (including phenoxy) is 1. The zero-order valence-corrected chi connectivity index (χ0v) is 11.9. The van der Waals surface area contributed by atoms with Gasteiger partial charge in [0.15, 0.2) is 0 Å². The van der Waals surface area contributed by atoms with Gasteiger partial charge in [-0.15, -0.1) is 0 Å². The topological polar surface area (TPSA) is 87.7 Å². The monoisotopic (exact) mass is 280 g/mol. The molecule has 0 fully saturated rings. The molecular weight excluding hydrogens is 260 g/mol. The highest BCUT2D eigenvalue weighted by Gasteiger charge is 2.26. The number of nitrogens with one attached hydrogen (secondary N) is 2. The van der Waals surface area contributed by atoms with Gasteiger partial charge in [0.1, 0.15) is 11.3 Å². The fourth-order valence-electron chi connectivity index (χ4n) is 1.48. The lowest BCUT2D eigenvalue weighted by Crippen LogP contribution is -2.50. The van der Waals surface area contributed by atoms with E-state index >= 15 is 0 Å².